The molecule has 0 atom stereocenters. The van der Waals surface area contributed by atoms with Crippen LogP contribution in [0.15, 0.2) is 17.5 Å². The zero-order chi connectivity index (χ0) is 16.6. The largest absolute Gasteiger partial charge is 0.293 e. The highest BCUT2D eigenvalue weighted by Gasteiger charge is 2.05. The molecule has 0 spiro atoms. The molecule has 0 aliphatic rings. The zero-order valence-corrected chi connectivity index (χ0v) is 16.0. The molecule has 132 valence electrons. The molecule has 0 N–H and O–H groups in total. The van der Waals surface area contributed by atoms with Crippen LogP contribution in [0.5, 0.6) is 0 Å². The van der Waals surface area contributed by atoms with E-state index in [1.165, 1.54) is 83.5 Å². The van der Waals surface area contributed by atoms with Crippen molar-refractivity contribution in [2.45, 2.75) is 103 Å². The average molecular weight is 337 g/mol. The van der Waals surface area contributed by atoms with Crippen molar-refractivity contribution < 1.29 is 4.79 Å². The normalized spacial score (nSPS) is 11.0. The quantitative estimate of drug-likeness (QED) is 0.222. The summed E-state index contributed by atoms with van der Waals surface area (Å²) in [4.78, 5) is 12.8. The third-order valence-corrected chi connectivity index (χ3v) is 5.46. The summed E-state index contributed by atoms with van der Waals surface area (Å²) in [5, 5.41) is 1.98. The maximum Gasteiger partial charge on any atom is 0.172 e. The lowest BCUT2D eigenvalue weighted by Crippen LogP contribution is -1.95. The lowest BCUT2D eigenvalue weighted by Gasteiger charge is -2.03. The SMILES string of the molecule is CCCCCCCCCCCCCCCCC(=O)c1cccs1. The highest BCUT2D eigenvalue weighted by Crippen LogP contribution is 2.16. The second-order valence-electron chi connectivity index (χ2n) is 6.75. The number of thiophene rings is 1. The molecule has 0 aromatic carbocycles. The standard InChI is InChI=1S/C21H36OS/c1-2-3-4-5-6-7-8-9-10-11-12-13-14-15-17-20(22)21-18-16-19-23-21/h16,18-19H,2-15,17H2,1H3. The minimum absolute atomic E-state index is 0.332. The van der Waals surface area contributed by atoms with Crippen LogP contribution in [0.25, 0.3) is 0 Å². The number of Topliss-reactive ketones (excluding diaryl/α,β-unsaturated/α-hetero) is 1. The molecule has 1 aromatic heterocycles. The highest BCUT2D eigenvalue weighted by molar-refractivity contribution is 7.12. The molecule has 0 radical (unpaired) electrons. The van der Waals surface area contributed by atoms with Crippen molar-refractivity contribution >= 4 is 17.1 Å². The van der Waals surface area contributed by atoms with Gasteiger partial charge >= 0.3 is 0 Å². The van der Waals surface area contributed by atoms with E-state index in [1.54, 1.807) is 11.3 Å². The van der Waals surface area contributed by atoms with Crippen LogP contribution in [0.1, 0.15) is 113 Å². The van der Waals surface area contributed by atoms with Crippen LogP contribution in [-0.4, -0.2) is 5.78 Å². The number of carbonyl (C=O) groups is 1. The fourth-order valence-electron chi connectivity index (χ4n) is 3.04. The summed E-state index contributed by atoms with van der Waals surface area (Å²) in [6.45, 7) is 2.28. The van der Waals surface area contributed by atoms with E-state index in [9.17, 15) is 4.79 Å². The molecule has 0 unspecified atom stereocenters. The van der Waals surface area contributed by atoms with Crippen molar-refractivity contribution in [1.82, 2.24) is 0 Å². The maximum absolute atomic E-state index is 11.8. The summed E-state index contributed by atoms with van der Waals surface area (Å²) in [7, 11) is 0. The van der Waals surface area contributed by atoms with E-state index in [1.807, 2.05) is 17.5 Å². The van der Waals surface area contributed by atoms with Crippen molar-refractivity contribution in [3.63, 3.8) is 0 Å². The van der Waals surface area contributed by atoms with E-state index in [4.69, 9.17) is 0 Å². The molecular formula is C21H36OS. The summed E-state index contributed by atoms with van der Waals surface area (Å²) in [5.74, 6) is 0.332. The van der Waals surface area contributed by atoms with Gasteiger partial charge in [0.1, 0.15) is 0 Å². The maximum atomic E-state index is 11.8. The number of rotatable bonds is 16. The summed E-state index contributed by atoms with van der Waals surface area (Å²) in [6, 6.07) is 3.90. The monoisotopic (exact) mass is 336 g/mol. The Labute approximate surface area is 147 Å². The molecule has 1 nitrogen and oxygen atoms in total. The van der Waals surface area contributed by atoms with Gasteiger partial charge in [-0.1, -0.05) is 96.5 Å². The van der Waals surface area contributed by atoms with E-state index < -0.39 is 0 Å². The van der Waals surface area contributed by atoms with Gasteiger partial charge in [-0.2, -0.15) is 0 Å². The van der Waals surface area contributed by atoms with E-state index in [0.29, 0.717) is 5.78 Å². The summed E-state index contributed by atoms with van der Waals surface area (Å²) >= 11 is 1.57. The first kappa shape index (κ1) is 20.4. The van der Waals surface area contributed by atoms with Crippen LogP contribution in [0.4, 0.5) is 0 Å². The molecule has 1 heterocycles. The first-order valence-electron chi connectivity index (χ1n) is 9.91. The van der Waals surface area contributed by atoms with Crippen LogP contribution in [0.3, 0.4) is 0 Å². The predicted molar refractivity (Wildman–Crippen MR) is 104 cm³/mol. The van der Waals surface area contributed by atoms with E-state index in [-0.39, 0.29) is 0 Å². The van der Waals surface area contributed by atoms with Crippen LogP contribution >= 0.6 is 11.3 Å². The Bertz CT molecular complexity index is 369. The van der Waals surface area contributed by atoms with E-state index in [0.717, 1.165) is 17.7 Å². The van der Waals surface area contributed by atoms with Crippen molar-refractivity contribution in [3.05, 3.63) is 22.4 Å². The van der Waals surface area contributed by atoms with E-state index >= 15 is 0 Å². The third kappa shape index (κ3) is 11.5. The van der Waals surface area contributed by atoms with Gasteiger partial charge in [0.15, 0.2) is 5.78 Å². The van der Waals surface area contributed by atoms with E-state index in [2.05, 4.69) is 6.92 Å². The molecule has 0 fully saturated rings. The third-order valence-electron chi connectivity index (χ3n) is 4.55. The summed E-state index contributed by atoms with van der Waals surface area (Å²) in [5.41, 5.74) is 0. The van der Waals surface area contributed by atoms with Gasteiger partial charge in [-0.05, 0) is 17.9 Å². The molecule has 2 heteroatoms. The molecule has 0 aliphatic heterocycles. The van der Waals surface area contributed by atoms with Gasteiger partial charge in [0.25, 0.3) is 0 Å². The number of hydrogen-bond donors (Lipinski definition) is 0. The molecule has 0 saturated carbocycles. The number of carbonyl (C=O) groups excluding carboxylic acids is 1. The Morgan fingerprint density at radius 2 is 1.26 bits per heavy atom. The Kier molecular flexibility index (Phi) is 13.3. The Hall–Kier alpha value is -0.630. The van der Waals surface area contributed by atoms with Gasteiger partial charge in [0.2, 0.25) is 0 Å². The molecule has 1 aromatic rings. The van der Waals surface area contributed by atoms with Crippen LogP contribution in [0.2, 0.25) is 0 Å². The van der Waals surface area contributed by atoms with Crippen molar-refractivity contribution in [3.8, 4) is 0 Å². The Balaban J connectivity index is 1.76. The van der Waals surface area contributed by atoms with Gasteiger partial charge in [-0.3, -0.25) is 4.79 Å². The molecule has 0 saturated heterocycles. The van der Waals surface area contributed by atoms with Crippen molar-refractivity contribution in [2.75, 3.05) is 0 Å². The smallest absolute Gasteiger partial charge is 0.172 e. The number of hydrogen-bond acceptors (Lipinski definition) is 2. The Morgan fingerprint density at radius 3 is 1.70 bits per heavy atom. The van der Waals surface area contributed by atoms with Crippen LogP contribution in [-0.2, 0) is 0 Å². The van der Waals surface area contributed by atoms with Gasteiger partial charge in [-0.25, -0.2) is 0 Å². The van der Waals surface area contributed by atoms with Crippen LogP contribution in [0, 0.1) is 0 Å². The Morgan fingerprint density at radius 1 is 0.783 bits per heavy atom. The fourth-order valence-corrected chi connectivity index (χ4v) is 3.73. The van der Waals surface area contributed by atoms with Crippen molar-refractivity contribution in [2.24, 2.45) is 0 Å². The molecule has 0 amide bonds. The van der Waals surface area contributed by atoms with Gasteiger partial charge in [0.05, 0.1) is 4.88 Å². The van der Waals surface area contributed by atoms with Gasteiger partial charge in [-0.15, -0.1) is 11.3 Å². The second kappa shape index (κ2) is 14.9. The summed E-state index contributed by atoms with van der Waals surface area (Å²) < 4.78 is 0. The lowest BCUT2D eigenvalue weighted by atomic mass is 10.0. The minimum atomic E-state index is 0.332. The first-order chi connectivity index (χ1) is 11.3. The number of ketones is 1. The molecule has 23 heavy (non-hydrogen) atoms. The zero-order valence-electron chi connectivity index (χ0n) is 15.2. The number of unbranched alkanes of at least 4 members (excludes halogenated alkanes) is 13. The minimum Gasteiger partial charge on any atom is -0.293 e. The molecular weight excluding hydrogens is 300 g/mol. The first-order valence-corrected chi connectivity index (χ1v) is 10.8. The molecule has 0 bridgehead atoms. The average Bonchev–Trinajstić information content (AvgIpc) is 3.09. The highest BCUT2D eigenvalue weighted by atomic mass is 32.1. The van der Waals surface area contributed by atoms with Gasteiger partial charge in [0, 0.05) is 6.42 Å². The fraction of sp³-hybridized carbons (Fsp3) is 0.762. The van der Waals surface area contributed by atoms with Crippen LogP contribution < -0.4 is 0 Å². The predicted octanol–water partition coefficient (Wildman–Crippen LogP) is 7.80. The van der Waals surface area contributed by atoms with Gasteiger partial charge < -0.3 is 0 Å². The van der Waals surface area contributed by atoms with Crippen molar-refractivity contribution in [1.29, 1.82) is 0 Å². The second-order valence-corrected chi connectivity index (χ2v) is 7.69. The summed E-state index contributed by atoms with van der Waals surface area (Å²) in [6.07, 6.45) is 19.8. The lowest BCUT2D eigenvalue weighted by molar-refractivity contribution is 0.0983. The topological polar surface area (TPSA) is 17.1 Å². The molecule has 1 rings (SSSR count). The molecule has 0 aliphatic carbocycles.